The minimum atomic E-state index is -0.715. The molecule has 126 valence electrons. The van der Waals surface area contributed by atoms with Crippen LogP contribution in [0.15, 0.2) is 65.5 Å². The Morgan fingerprint density at radius 2 is 1.64 bits per heavy atom. The lowest BCUT2D eigenvalue weighted by Gasteiger charge is -2.14. The van der Waals surface area contributed by atoms with Crippen molar-refractivity contribution in [2.24, 2.45) is 0 Å². The van der Waals surface area contributed by atoms with Crippen molar-refractivity contribution >= 4 is 21.8 Å². The van der Waals surface area contributed by atoms with Crippen LogP contribution < -0.4 is 10.3 Å². The normalized spacial score (nSPS) is 12.5. The fraction of sp³-hybridized carbons (Fsp3) is 0.158. The number of aliphatic hydroxyl groups excluding tert-OH is 1. The van der Waals surface area contributed by atoms with Gasteiger partial charge < -0.3 is 14.4 Å². The number of H-pyrrole nitrogens is 1. The molecule has 0 radical (unpaired) electrons. The second-order valence-corrected chi connectivity index (χ2v) is 5.87. The molecule has 2 aromatic heterocycles. The first-order valence-corrected chi connectivity index (χ1v) is 8.05. The largest absolute Gasteiger partial charge is 0.474 e. The first-order chi connectivity index (χ1) is 12.2. The molecule has 0 bridgehead atoms. The number of benzene rings is 2. The van der Waals surface area contributed by atoms with Crippen LogP contribution in [0, 0.1) is 0 Å². The Balaban J connectivity index is 1.58. The van der Waals surface area contributed by atoms with Gasteiger partial charge in [-0.15, -0.1) is 5.10 Å². The van der Waals surface area contributed by atoms with Crippen LogP contribution in [0.4, 0.5) is 0 Å². The highest BCUT2D eigenvalue weighted by atomic mass is 16.5. The van der Waals surface area contributed by atoms with Crippen molar-refractivity contribution in [3.63, 3.8) is 0 Å². The minimum Gasteiger partial charge on any atom is -0.474 e. The van der Waals surface area contributed by atoms with Crippen LogP contribution in [-0.2, 0) is 6.54 Å². The maximum Gasteiger partial charge on any atom is 0.264 e. The highest BCUT2D eigenvalue weighted by Crippen LogP contribution is 2.28. The van der Waals surface area contributed by atoms with E-state index in [-0.39, 0.29) is 18.0 Å². The molecule has 6 heteroatoms. The number of ether oxygens (including phenoxy) is 1. The highest BCUT2D eigenvalue weighted by Gasteiger charge is 2.14. The Bertz CT molecular complexity index is 1010. The second-order valence-electron chi connectivity index (χ2n) is 5.87. The van der Waals surface area contributed by atoms with Crippen LogP contribution in [0.5, 0.6) is 5.88 Å². The molecule has 4 aromatic rings. The molecular weight excluding hydrogens is 318 g/mol. The number of nitrogens with zero attached hydrogens (tertiary/aromatic N) is 2. The monoisotopic (exact) mass is 335 g/mol. The Hall–Kier alpha value is -3.12. The zero-order valence-corrected chi connectivity index (χ0v) is 13.4. The van der Waals surface area contributed by atoms with Crippen LogP contribution in [0.2, 0.25) is 0 Å². The molecule has 1 unspecified atom stereocenters. The summed E-state index contributed by atoms with van der Waals surface area (Å²) in [6.07, 6.45) is -0.715. The van der Waals surface area contributed by atoms with Gasteiger partial charge in [-0.3, -0.25) is 4.79 Å². The van der Waals surface area contributed by atoms with E-state index in [2.05, 4.69) is 26.9 Å². The molecule has 0 aliphatic rings. The quantitative estimate of drug-likeness (QED) is 0.586. The van der Waals surface area contributed by atoms with Gasteiger partial charge in [0.15, 0.2) is 0 Å². The number of aromatic amines is 1. The molecule has 6 nitrogen and oxygen atoms in total. The SMILES string of the molecule is O=c1ccc(OCC(O)Cn2c3ccccc3c3ccccc32)n[nH]1. The van der Waals surface area contributed by atoms with Gasteiger partial charge in [-0.25, -0.2) is 5.10 Å². The van der Waals surface area contributed by atoms with E-state index in [1.54, 1.807) is 0 Å². The topological polar surface area (TPSA) is 80.1 Å². The summed E-state index contributed by atoms with van der Waals surface area (Å²) in [5.74, 6) is 0.279. The van der Waals surface area contributed by atoms with E-state index in [0.29, 0.717) is 6.54 Å². The average Bonchev–Trinajstić information content (AvgIpc) is 2.96. The molecule has 0 aliphatic heterocycles. The van der Waals surface area contributed by atoms with E-state index in [9.17, 15) is 9.90 Å². The van der Waals surface area contributed by atoms with E-state index < -0.39 is 6.10 Å². The number of nitrogens with one attached hydrogen (secondary N) is 1. The third-order valence-corrected chi connectivity index (χ3v) is 4.15. The van der Waals surface area contributed by atoms with Crippen LogP contribution in [0.1, 0.15) is 0 Å². The number of hydrogen-bond donors (Lipinski definition) is 2. The van der Waals surface area contributed by atoms with Gasteiger partial charge in [-0.1, -0.05) is 36.4 Å². The van der Waals surface area contributed by atoms with Crippen LogP contribution >= 0.6 is 0 Å². The minimum absolute atomic E-state index is 0.0832. The molecule has 0 aliphatic carbocycles. The Morgan fingerprint density at radius 3 is 2.24 bits per heavy atom. The van der Waals surface area contributed by atoms with Gasteiger partial charge in [-0.2, -0.15) is 0 Å². The summed E-state index contributed by atoms with van der Waals surface area (Å²) in [5.41, 5.74) is 1.85. The van der Waals surface area contributed by atoms with E-state index in [1.165, 1.54) is 12.1 Å². The summed E-state index contributed by atoms with van der Waals surface area (Å²) in [6, 6.07) is 19.1. The molecule has 1 atom stereocenters. The lowest BCUT2D eigenvalue weighted by Crippen LogP contribution is -2.24. The number of aromatic nitrogens is 3. The molecule has 0 spiro atoms. The van der Waals surface area contributed by atoms with Gasteiger partial charge in [-0.05, 0) is 12.1 Å². The molecule has 0 saturated carbocycles. The Labute approximate surface area is 143 Å². The zero-order chi connectivity index (χ0) is 17.2. The second kappa shape index (κ2) is 6.41. The van der Waals surface area contributed by atoms with Crippen LogP contribution in [0.3, 0.4) is 0 Å². The number of aliphatic hydroxyl groups is 1. The first-order valence-electron chi connectivity index (χ1n) is 8.05. The van der Waals surface area contributed by atoms with Crippen molar-refractivity contribution in [3.8, 4) is 5.88 Å². The van der Waals surface area contributed by atoms with Gasteiger partial charge in [0.1, 0.15) is 12.7 Å². The first kappa shape index (κ1) is 15.4. The summed E-state index contributed by atoms with van der Waals surface area (Å²) in [7, 11) is 0. The molecule has 0 fully saturated rings. The Morgan fingerprint density at radius 1 is 1.00 bits per heavy atom. The zero-order valence-electron chi connectivity index (χ0n) is 13.4. The van der Waals surface area contributed by atoms with Crippen LogP contribution in [0.25, 0.3) is 21.8 Å². The fourth-order valence-electron chi connectivity index (χ4n) is 3.06. The molecular formula is C19H17N3O3. The number of rotatable bonds is 5. The molecule has 2 heterocycles. The third-order valence-electron chi connectivity index (χ3n) is 4.15. The third kappa shape index (κ3) is 2.99. The van der Waals surface area contributed by atoms with Gasteiger partial charge >= 0.3 is 0 Å². The van der Waals surface area contributed by atoms with E-state index in [1.807, 2.05) is 36.4 Å². The number of fused-ring (bicyclic) bond motifs is 3. The van der Waals surface area contributed by atoms with Crippen LogP contribution in [-0.4, -0.2) is 32.6 Å². The van der Waals surface area contributed by atoms with Crippen molar-refractivity contribution < 1.29 is 9.84 Å². The number of para-hydroxylation sites is 2. The van der Waals surface area contributed by atoms with Crippen molar-refractivity contribution in [1.82, 2.24) is 14.8 Å². The van der Waals surface area contributed by atoms with Crippen molar-refractivity contribution in [1.29, 1.82) is 0 Å². The lowest BCUT2D eigenvalue weighted by molar-refractivity contribution is 0.0916. The van der Waals surface area contributed by atoms with Crippen molar-refractivity contribution in [2.75, 3.05) is 6.61 Å². The maximum atomic E-state index is 11.0. The predicted octanol–water partition coefficient (Wildman–Crippen LogP) is 2.32. The van der Waals surface area contributed by atoms with E-state index >= 15 is 0 Å². The summed E-state index contributed by atoms with van der Waals surface area (Å²) in [6.45, 7) is 0.483. The Kier molecular flexibility index (Phi) is 3.95. The summed E-state index contributed by atoms with van der Waals surface area (Å²) >= 11 is 0. The molecule has 4 rings (SSSR count). The molecule has 2 aromatic carbocycles. The number of hydrogen-bond acceptors (Lipinski definition) is 4. The van der Waals surface area contributed by atoms with Gasteiger partial charge in [0, 0.05) is 33.9 Å². The summed E-state index contributed by atoms with van der Waals surface area (Å²) in [4.78, 5) is 11.0. The highest BCUT2D eigenvalue weighted by molar-refractivity contribution is 6.07. The van der Waals surface area contributed by atoms with Gasteiger partial charge in [0.25, 0.3) is 5.56 Å². The van der Waals surface area contributed by atoms with E-state index in [4.69, 9.17) is 4.74 Å². The molecule has 0 amide bonds. The van der Waals surface area contributed by atoms with Gasteiger partial charge in [0.2, 0.25) is 5.88 Å². The average molecular weight is 335 g/mol. The standard InChI is InChI=1S/C19H17N3O3/c23-13(12-25-19-10-9-18(24)20-21-19)11-22-16-7-3-1-5-14(16)15-6-2-4-8-17(15)22/h1-10,13,23H,11-12H2,(H,20,24). The summed E-state index contributed by atoms with van der Waals surface area (Å²) < 4.78 is 7.55. The molecule has 2 N–H and O–H groups in total. The fourth-order valence-corrected chi connectivity index (χ4v) is 3.06. The van der Waals surface area contributed by atoms with Crippen molar-refractivity contribution in [2.45, 2.75) is 12.6 Å². The lowest BCUT2D eigenvalue weighted by atomic mass is 10.2. The van der Waals surface area contributed by atoms with Gasteiger partial charge in [0.05, 0.1) is 6.54 Å². The predicted molar refractivity (Wildman–Crippen MR) is 95.8 cm³/mol. The summed E-state index contributed by atoms with van der Waals surface area (Å²) in [5, 5.41) is 18.8. The maximum absolute atomic E-state index is 11.0. The molecule has 25 heavy (non-hydrogen) atoms. The molecule has 0 saturated heterocycles. The van der Waals surface area contributed by atoms with E-state index in [0.717, 1.165) is 21.8 Å². The van der Waals surface area contributed by atoms with Crippen molar-refractivity contribution in [3.05, 3.63) is 71.0 Å². The smallest absolute Gasteiger partial charge is 0.264 e.